The van der Waals surface area contributed by atoms with Crippen LogP contribution < -0.4 is 10.6 Å². The van der Waals surface area contributed by atoms with Crippen molar-refractivity contribution in [1.29, 1.82) is 0 Å². The van der Waals surface area contributed by atoms with E-state index in [0.29, 0.717) is 37.5 Å². The van der Waals surface area contributed by atoms with Gasteiger partial charge in [0.2, 0.25) is 0 Å². The summed E-state index contributed by atoms with van der Waals surface area (Å²) in [6, 6.07) is 4.72. The van der Waals surface area contributed by atoms with Crippen molar-refractivity contribution in [1.82, 2.24) is 10.6 Å². The minimum absolute atomic E-state index is 0.111. The molecular formula is C15H21BrFN3O2S. The molecule has 0 aromatic heterocycles. The van der Waals surface area contributed by atoms with Gasteiger partial charge in [-0.1, -0.05) is 15.9 Å². The van der Waals surface area contributed by atoms with Crippen molar-refractivity contribution in [3.05, 3.63) is 34.1 Å². The SMILES string of the molecule is CCNC(=NCCc1cc(Br)ccc1F)NC1CCS(=O)(=O)C1. The zero-order chi connectivity index (χ0) is 16.9. The van der Waals surface area contributed by atoms with Crippen LogP contribution in [0.4, 0.5) is 4.39 Å². The number of halogens is 2. The summed E-state index contributed by atoms with van der Waals surface area (Å²) >= 11 is 3.33. The largest absolute Gasteiger partial charge is 0.357 e. The summed E-state index contributed by atoms with van der Waals surface area (Å²) < 4.78 is 37.5. The average molecular weight is 406 g/mol. The van der Waals surface area contributed by atoms with Crippen molar-refractivity contribution in [3.63, 3.8) is 0 Å². The molecule has 1 heterocycles. The zero-order valence-corrected chi connectivity index (χ0v) is 15.4. The Hall–Kier alpha value is -1.15. The summed E-state index contributed by atoms with van der Waals surface area (Å²) in [6.45, 7) is 3.04. The van der Waals surface area contributed by atoms with E-state index in [0.717, 1.165) is 4.47 Å². The van der Waals surface area contributed by atoms with Crippen molar-refractivity contribution in [3.8, 4) is 0 Å². The maximum Gasteiger partial charge on any atom is 0.191 e. The maximum absolute atomic E-state index is 13.7. The predicted molar refractivity (Wildman–Crippen MR) is 94.0 cm³/mol. The van der Waals surface area contributed by atoms with E-state index in [9.17, 15) is 12.8 Å². The van der Waals surface area contributed by atoms with Crippen LogP contribution in [-0.4, -0.2) is 45.0 Å². The third kappa shape index (κ3) is 5.76. The smallest absolute Gasteiger partial charge is 0.191 e. The van der Waals surface area contributed by atoms with Gasteiger partial charge in [-0.05, 0) is 43.5 Å². The molecular weight excluding hydrogens is 385 g/mol. The normalized spacial score (nSPS) is 20.5. The fourth-order valence-corrected chi connectivity index (χ4v) is 4.53. The molecule has 1 unspecified atom stereocenters. The molecule has 128 valence electrons. The molecule has 5 nitrogen and oxygen atoms in total. The lowest BCUT2D eigenvalue weighted by atomic mass is 10.1. The molecule has 0 spiro atoms. The standard InChI is InChI=1S/C15H21BrFN3O2S/c1-2-18-15(20-13-6-8-23(21,22)10-13)19-7-5-11-9-12(16)3-4-14(11)17/h3-4,9,13H,2,5-8,10H2,1H3,(H2,18,19,20). The fourth-order valence-electron chi connectivity index (χ4n) is 2.45. The van der Waals surface area contributed by atoms with Gasteiger partial charge in [0, 0.05) is 23.6 Å². The Bertz CT molecular complexity index is 679. The molecule has 1 fully saturated rings. The molecule has 1 aliphatic rings. The lowest BCUT2D eigenvalue weighted by Crippen LogP contribution is -2.44. The van der Waals surface area contributed by atoms with Crippen LogP contribution in [0.25, 0.3) is 0 Å². The Morgan fingerprint density at radius 1 is 1.48 bits per heavy atom. The molecule has 1 saturated heterocycles. The lowest BCUT2D eigenvalue weighted by Gasteiger charge is -2.15. The molecule has 1 aromatic carbocycles. The van der Waals surface area contributed by atoms with E-state index in [1.54, 1.807) is 12.1 Å². The Balaban J connectivity index is 1.94. The van der Waals surface area contributed by atoms with E-state index in [1.807, 2.05) is 6.92 Å². The average Bonchev–Trinajstić information content (AvgIpc) is 2.82. The van der Waals surface area contributed by atoms with Gasteiger partial charge < -0.3 is 10.6 Å². The van der Waals surface area contributed by atoms with Gasteiger partial charge in [-0.25, -0.2) is 12.8 Å². The molecule has 1 aromatic rings. The second-order valence-corrected chi connectivity index (χ2v) is 8.64. The van der Waals surface area contributed by atoms with Gasteiger partial charge in [0.25, 0.3) is 0 Å². The first-order chi connectivity index (χ1) is 10.9. The molecule has 0 amide bonds. The minimum Gasteiger partial charge on any atom is -0.357 e. The van der Waals surface area contributed by atoms with Gasteiger partial charge in [0.05, 0.1) is 11.5 Å². The number of nitrogens with zero attached hydrogens (tertiary/aromatic N) is 1. The summed E-state index contributed by atoms with van der Waals surface area (Å²) in [7, 11) is -2.93. The van der Waals surface area contributed by atoms with E-state index < -0.39 is 9.84 Å². The zero-order valence-electron chi connectivity index (χ0n) is 13.0. The number of nitrogens with one attached hydrogen (secondary N) is 2. The molecule has 2 N–H and O–H groups in total. The van der Waals surface area contributed by atoms with E-state index in [4.69, 9.17) is 0 Å². The molecule has 2 rings (SSSR count). The van der Waals surface area contributed by atoms with Crippen LogP contribution in [0.1, 0.15) is 18.9 Å². The minimum atomic E-state index is -2.93. The van der Waals surface area contributed by atoms with E-state index in [1.165, 1.54) is 6.07 Å². The second kappa shape index (κ2) is 8.10. The van der Waals surface area contributed by atoms with Crippen LogP contribution in [0, 0.1) is 5.82 Å². The highest BCUT2D eigenvalue weighted by Gasteiger charge is 2.28. The van der Waals surface area contributed by atoms with Gasteiger partial charge in [-0.3, -0.25) is 4.99 Å². The number of hydrogen-bond donors (Lipinski definition) is 2. The third-order valence-electron chi connectivity index (χ3n) is 3.58. The molecule has 8 heteroatoms. The molecule has 23 heavy (non-hydrogen) atoms. The summed E-state index contributed by atoms with van der Waals surface area (Å²) in [5, 5.41) is 6.23. The number of sulfone groups is 1. The van der Waals surface area contributed by atoms with Crippen molar-refractivity contribution in [2.45, 2.75) is 25.8 Å². The van der Waals surface area contributed by atoms with Crippen LogP contribution in [0.2, 0.25) is 0 Å². The van der Waals surface area contributed by atoms with E-state index in [-0.39, 0.29) is 23.4 Å². The quantitative estimate of drug-likeness (QED) is 0.579. The van der Waals surface area contributed by atoms with Crippen molar-refractivity contribution in [2.75, 3.05) is 24.6 Å². The Kier molecular flexibility index (Phi) is 6.41. The van der Waals surface area contributed by atoms with Crippen molar-refractivity contribution >= 4 is 31.7 Å². The molecule has 0 saturated carbocycles. The third-order valence-corrected chi connectivity index (χ3v) is 5.84. The highest BCUT2D eigenvalue weighted by atomic mass is 79.9. The van der Waals surface area contributed by atoms with Crippen LogP contribution in [0.5, 0.6) is 0 Å². The molecule has 1 aliphatic heterocycles. The summed E-state index contributed by atoms with van der Waals surface area (Å²) in [5.41, 5.74) is 0.599. The van der Waals surface area contributed by atoms with E-state index >= 15 is 0 Å². The van der Waals surface area contributed by atoms with Crippen molar-refractivity contribution in [2.24, 2.45) is 4.99 Å². The number of aliphatic imine (C=N–C) groups is 1. The monoisotopic (exact) mass is 405 g/mol. The van der Waals surface area contributed by atoms with Crippen LogP contribution in [-0.2, 0) is 16.3 Å². The lowest BCUT2D eigenvalue weighted by molar-refractivity contribution is 0.599. The number of benzene rings is 1. The number of guanidine groups is 1. The van der Waals surface area contributed by atoms with E-state index in [2.05, 4.69) is 31.6 Å². The second-order valence-electron chi connectivity index (χ2n) is 5.49. The predicted octanol–water partition coefficient (Wildman–Crippen LogP) is 1.87. The van der Waals surface area contributed by atoms with Crippen molar-refractivity contribution < 1.29 is 12.8 Å². The number of rotatable bonds is 5. The van der Waals surface area contributed by atoms with Gasteiger partial charge in [-0.15, -0.1) is 0 Å². The summed E-state index contributed by atoms with van der Waals surface area (Å²) in [5.74, 6) is 0.679. The molecule has 1 atom stereocenters. The molecule has 0 aliphatic carbocycles. The fraction of sp³-hybridized carbons (Fsp3) is 0.533. The van der Waals surface area contributed by atoms with Crippen LogP contribution in [0.3, 0.4) is 0 Å². The summed E-state index contributed by atoms with van der Waals surface area (Å²) in [4.78, 5) is 4.41. The van der Waals surface area contributed by atoms with Crippen LogP contribution in [0.15, 0.2) is 27.7 Å². The highest BCUT2D eigenvalue weighted by Crippen LogP contribution is 2.16. The maximum atomic E-state index is 13.7. The first-order valence-electron chi connectivity index (χ1n) is 7.59. The summed E-state index contributed by atoms with van der Waals surface area (Å²) in [6.07, 6.45) is 1.07. The highest BCUT2D eigenvalue weighted by molar-refractivity contribution is 9.10. The van der Waals surface area contributed by atoms with Gasteiger partial charge in [-0.2, -0.15) is 0 Å². The Morgan fingerprint density at radius 2 is 2.26 bits per heavy atom. The first kappa shape index (κ1) is 18.2. The van der Waals surface area contributed by atoms with Gasteiger partial charge in [0.1, 0.15) is 5.82 Å². The molecule has 0 radical (unpaired) electrons. The van der Waals surface area contributed by atoms with Crippen LogP contribution >= 0.6 is 15.9 Å². The number of hydrogen-bond acceptors (Lipinski definition) is 3. The van der Waals surface area contributed by atoms with Gasteiger partial charge >= 0.3 is 0 Å². The van der Waals surface area contributed by atoms with Gasteiger partial charge in [0.15, 0.2) is 15.8 Å². The Morgan fingerprint density at radius 3 is 2.91 bits per heavy atom. The first-order valence-corrected chi connectivity index (χ1v) is 10.2. The molecule has 0 bridgehead atoms. The topological polar surface area (TPSA) is 70.6 Å². The Labute approximate surface area is 144 Å².